The summed E-state index contributed by atoms with van der Waals surface area (Å²) in [4.78, 5) is 8.61. The molecule has 0 fully saturated rings. The van der Waals surface area contributed by atoms with Crippen LogP contribution in [-0.4, -0.2) is 17.0 Å². The van der Waals surface area contributed by atoms with Gasteiger partial charge in [0.1, 0.15) is 17.4 Å². The zero-order valence-corrected chi connectivity index (χ0v) is 11.0. The van der Waals surface area contributed by atoms with Gasteiger partial charge in [-0.3, -0.25) is 0 Å². The van der Waals surface area contributed by atoms with Gasteiger partial charge < -0.3 is 10.1 Å². The molecule has 0 atom stereocenters. The van der Waals surface area contributed by atoms with E-state index < -0.39 is 0 Å². The van der Waals surface area contributed by atoms with Crippen molar-refractivity contribution in [2.24, 2.45) is 0 Å². The predicted molar refractivity (Wildman–Crippen MR) is 72.5 cm³/mol. The Bertz CT molecular complexity index is 506. The number of nitrogens with one attached hydrogen (secondary N) is 1. The number of hydrogen-bond acceptors (Lipinski definition) is 4. The predicted octanol–water partition coefficient (Wildman–Crippen LogP) is 3.53. The van der Waals surface area contributed by atoms with E-state index in [1.54, 1.807) is 30.3 Å². The normalized spacial score (nSPS) is 10.2. The first-order valence-corrected chi connectivity index (χ1v) is 6.08. The van der Waals surface area contributed by atoms with Crippen molar-refractivity contribution in [3.05, 3.63) is 41.2 Å². The second-order valence-corrected chi connectivity index (χ2v) is 4.10. The van der Waals surface area contributed by atoms with Gasteiger partial charge in [-0.15, -0.1) is 0 Å². The summed E-state index contributed by atoms with van der Waals surface area (Å²) < 4.78 is 5.67. The van der Waals surface area contributed by atoms with Gasteiger partial charge in [0.15, 0.2) is 0 Å². The zero-order valence-electron chi connectivity index (χ0n) is 10.3. The largest absolute Gasteiger partial charge is 0.439 e. The summed E-state index contributed by atoms with van der Waals surface area (Å²) in [5.41, 5.74) is 0. The van der Waals surface area contributed by atoms with Crippen molar-refractivity contribution in [3.8, 4) is 11.6 Å². The Hall–Kier alpha value is -1.81. The number of aryl methyl sites for hydroxylation is 1. The van der Waals surface area contributed by atoms with Crippen molar-refractivity contribution < 1.29 is 4.74 Å². The Labute approximate surface area is 111 Å². The van der Waals surface area contributed by atoms with Gasteiger partial charge in [-0.2, -0.15) is 4.98 Å². The molecule has 0 aliphatic heterocycles. The smallest absolute Gasteiger partial charge is 0.224 e. The number of ether oxygens (including phenoxy) is 1. The number of anilines is 1. The molecule has 5 heteroatoms. The van der Waals surface area contributed by atoms with Gasteiger partial charge in [-0.1, -0.05) is 18.5 Å². The average Bonchev–Trinajstić information content (AvgIpc) is 2.41. The molecule has 0 aliphatic carbocycles. The van der Waals surface area contributed by atoms with Crippen LogP contribution in [-0.2, 0) is 6.42 Å². The molecule has 0 amide bonds. The molecule has 0 unspecified atom stereocenters. The minimum Gasteiger partial charge on any atom is -0.439 e. The van der Waals surface area contributed by atoms with Crippen LogP contribution in [0.15, 0.2) is 30.3 Å². The van der Waals surface area contributed by atoms with Gasteiger partial charge in [-0.05, 0) is 24.3 Å². The van der Waals surface area contributed by atoms with E-state index in [0.717, 1.165) is 18.1 Å². The second-order valence-electron chi connectivity index (χ2n) is 3.67. The van der Waals surface area contributed by atoms with E-state index in [1.165, 1.54) is 0 Å². The van der Waals surface area contributed by atoms with E-state index in [2.05, 4.69) is 15.3 Å². The lowest BCUT2D eigenvalue weighted by Gasteiger charge is -2.08. The number of halogens is 1. The summed E-state index contributed by atoms with van der Waals surface area (Å²) >= 11 is 5.82. The van der Waals surface area contributed by atoms with E-state index in [4.69, 9.17) is 16.3 Å². The molecule has 1 heterocycles. The Morgan fingerprint density at radius 1 is 1.22 bits per heavy atom. The fraction of sp³-hybridized carbons (Fsp3) is 0.231. The van der Waals surface area contributed by atoms with Crippen LogP contribution in [0.1, 0.15) is 12.7 Å². The number of benzene rings is 1. The highest BCUT2D eigenvalue weighted by molar-refractivity contribution is 6.30. The van der Waals surface area contributed by atoms with Crippen LogP contribution in [0.2, 0.25) is 5.02 Å². The molecule has 18 heavy (non-hydrogen) atoms. The Morgan fingerprint density at radius 2 is 1.94 bits per heavy atom. The summed E-state index contributed by atoms with van der Waals surface area (Å²) in [6.07, 6.45) is 0.756. The van der Waals surface area contributed by atoms with Crippen molar-refractivity contribution in [3.63, 3.8) is 0 Å². The van der Waals surface area contributed by atoms with Gasteiger partial charge in [0.25, 0.3) is 0 Å². The van der Waals surface area contributed by atoms with Gasteiger partial charge in [0.2, 0.25) is 5.88 Å². The van der Waals surface area contributed by atoms with E-state index in [9.17, 15) is 0 Å². The maximum Gasteiger partial charge on any atom is 0.224 e. The molecule has 0 saturated carbocycles. The fourth-order valence-electron chi connectivity index (χ4n) is 1.43. The number of rotatable bonds is 4. The maximum absolute atomic E-state index is 5.82. The lowest BCUT2D eigenvalue weighted by atomic mass is 10.3. The first-order valence-electron chi connectivity index (χ1n) is 5.70. The molecule has 1 aromatic heterocycles. The molecular weight excluding hydrogens is 250 g/mol. The zero-order chi connectivity index (χ0) is 13.0. The summed E-state index contributed by atoms with van der Waals surface area (Å²) in [5.74, 6) is 2.70. The van der Waals surface area contributed by atoms with Gasteiger partial charge in [0, 0.05) is 24.6 Å². The second kappa shape index (κ2) is 5.69. The standard InChI is InChI=1S/C13H14ClN3O/c1-3-11-16-12(15-2)8-13(17-11)18-10-6-4-9(14)5-7-10/h4-8H,3H2,1-2H3,(H,15,16,17). The van der Waals surface area contributed by atoms with Crippen LogP contribution in [0.4, 0.5) is 5.82 Å². The van der Waals surface area contributed by atoms with Crippen molar-refractivity contribution in [1.82, 2.24) is 9.97 Å². The molecule has 0 spiro atoms. The van der Waals surface area contributed by atoms with Crippen LogP contribution in [0.3, 0.4) is 0 Å². The van der Waals surface area contributed by atoms with E-state index in [-0.39, 0.29) is 0 Å². The van der Waals surface area contributed by atoms with E-state index in [0.29, 0.717) is 16.7 Å². The van der Waals surface area contributed by atoms with Crippen LogP contribution >= 0.6 is 11.6 Å². The highest BCUT2D eigenvalue weighted by Gasteiger charge is 2.04. The van der Waals surface area contributed by atoms with Crippen molar-refractivity contribution in [2.45, 2.75) is 13.3 Å². The molecule has 1 aromatic carbocycles. The fourth-order valence-corrected chi connectivity index (χ4v) is 1.56. The Morgan fingerprint density at radius 3 is 2.56 bits per heavy atom. The monoisotopic (exact) mass is 263 g/mol. The number of hydrogen-bond donors (Lipinski definition) is 1. The highest BCUT2D eigenvalue weighted by Crippen LogP contribution is 2.23. The third-order valence-electron chi connectivity index (χ3n) is 2.36. The first-order chi connectivity index (χ1) is 8.71. The quantitative estimate of drug-likeness (QED) is 0.917. The molecular formula is C13H14ClN3O. The molecule has 94 valence electrons. The third-order valence-corrected chi connectivity index (χ3v) is 2.61. The lowest BCUT2D eigenvalue weighted by molar-refractivity contribution is 0.459. The van der Waals surface area contributed by atoms with E-state index >= 15 is 0 Å². The van der Waals surface area contributed by atoms with E-state index in [1.807, 2.05) is 14.0 Å². The highest BCUT2D eigenvalue weighted by atomic mass is 35.5. The summed E-state index contributed by atoms with van der Waals surface area (Å²) in [6.45, 7) is 2.00. The first kappa shape index (κ1) is 12.6. The number of aromatic nitrogens is 2. The van der Waals surface area contributed by atoms with Crippen LogP contribution in [0.5, 0.6) is 11.6 Å². The minimum absolute atomic E-state index is 0.522. The molecule has 0 saturated heterocycles. The molecule has 2 aromatic rings. The molecule has 0 radical (unpaired) electrons. The third kappa shape index (κ3) is 3.11. The Balaban J connectivity index is 2.25. The molecule has 4 nitrogen and oxygen atoms in total. The SMILES string of the molecule is CCc1nc(NC)cc(Oc2ccc(Cl)cc2)n1. The van der Waals surface area contributed by atoms with Gasteiger partial charge in [-0.25, -0.2) is 4.98 Å². The molecule has 0 bridgehead atoms. The summed E-state index contributed by atoms with van der Waals surface area (Å²) in [6, 6.07) is 8.91. The van der Waals surface area contributed by atoms with Crippen LogP contribution < -0.4 is 10.1 Å². The lowest BCUT2D eigenvalue weighted by Crippen LogP contribution is -2.00. The van der Waals surface area contributed by atoms with Crippen molar-refractivity contribution in [1.29, 1.82) is 0 Å². The van der Waals surface area contributed by atoms with Crippen LogP contribution in [0.25, 0.3) is 0 Å². The molecule has 1 N–H and O–H groups in total. The molecule has 2 rings (SSSR count). The topological polar surface area (TPSA) is 47.0 Å². The van der Waals surface area contributed by atoms with Crippen molar-refractivity contribution in [2.75, 3.05) is 12.4 Å². The van der Waals surface area contributed by atoms with Gasteiger partial charge >= 0.3 is 0 Å². The number of nitrogens with zero attached hydrogens (tertiary/aromatic N) is 2. The Kier molecular flexibility index (Phi) is 3.99. The van der Waals surface area contributed by atoms with Crippen LogP contribution in [0, 0.1) is 0 Å². The average molecular weight is 264 g/mol. The van der Waals surface area contributed by atoms with Crippen molar-refractivity contribution >= 4 is 17.4 Å². The molecule has 0 aliphatic rings. The van der Waals surface area contributed by atoms with Gasteiger partial charge in [0.05, 0.1) is 0 Å². The summed E-state index contributed by atoms with van der Waals surface area (Å²) in [5, 5.41) is 3.66. The minimum atomic E-state index is 0.522. The maximum atomic E-state index is 5.82. The summed E-state index contributed by atoms with van der Waals surface area (Å²) in [7, 11) is 1.81.